The first kappa shape index (κ1) is 12.3. The van der Waals surface area contributed by atoms with Crippen molar-refractivity contribution in [2.45, 2.75) is 25.8 Å². The molecule has 0 fully saturated rings. The molecule has 90 valence electrons. The SMILES string of the molecule is CCc1ccccc1C(Cc1cncs1)NC. The summed E-state index contributed by atoms with van der Waals surface area (Å²) in [4.78, 5) is 5.47. The molecule has 17 heavy (non-hydrogen) atoms. The summed E-state index contributed by atoms with van der Waals surface area (Å²) in [7, 11) is 2.03. The summed E-state index contributed by atoms with van der Waals surface area (Å²) in [5.74, 6) is 0. The highest BCUT2D eigenvalue weighted by Gasteiger charge is 2.13. The second-order valence-electron chi connectivity index (χ2n) is 4.07. The minimum absolute atomic E-state index is 0.381. The van der Waals surface area contributed by atoms with Crippen molar-refractivity contribution in [3.63, 3.8) is 0 Å². The highest BCUT2D eigenvalue weighted by molar-refractivity contribution is 7.09. The predicted octanol–water partition coefficient (Wildman–Crippen LogP) is 3.21. The van der Waals surface area contributed by atoms with E-state index >= 15 is 0 Å². The molecule has 0 amide bonds. The molecule has 1 aromatic carbocycles. The summed E-state index contributed by atoms with van der Waals surface area (Å²) in [6, 6.07) is 9.05. The zero-order chi connectivity index (χ0) is 12.1. The van der Waals surface area contributed by atoms with Gasteiger partial charge in [0.05, 0.1) is 5.51 Å². The van der Waals surface area contributed by atoms with Gasteiger partial charge in [0.1, 0.15) is 0 Å². The van der Waals surface area contributed by atoms with Crippen LogP contribution in [0.3, 0.4) is 0 Å². The Bertz CT molecular complexity index is 451. The van der Waals surface area contributed by atoms with Crippen LogP contribution in [0.4, 0.5) is 0 Å². The van der Waals surface area contributed by atoms with Crippen molar-refractivity contribution >= 4 is 11.3 Å². The van der Waals surface area contributed by atoms with Gasteiger partial charge in [-0.1, -0.05) is 31.2 Å². The molecular weight excluding hydrogens is 228 g/mol. The Morgan fingerprint density at radius 2 is 2.18 bits per heavy atom. The molecular formula is C14H18N2S. The lowest BCUT2D eigenvalue weighted by Gasteiger charge is -2.18. The Balaban J connectivity index is 2.22. The molecule has 0 aliphatic heterocycles. The Labute approximate surface area is 107 Å². The molecule has 0 spiro atoms. The van der Waals surface area contributed by atoms with Crippen molar-refractivity contribution in [2.24, 2.45) is 0 Å². The van der Waals surface area contributed by atoms with E-state index in [0.29, 0.717) is 6.04 Å². The number of rotatable bonds is 5. The van der Waals surface area contributed by atoms with Gasteiger partial charge in [-0.3, -0.25) is 4.98 Å². The Morgan fingerprint density at radius 1 is 1.35 bits per heavy atom. The minimum atomic E-state index is 0.381. The van der Waals surface area contributed by atoms with Crippen molar-refractivity contribution in [2.75, 3.05) is 7.05 Å². The number of hydrogen-bond donors (Lipinski definition) is 1. The van der Waals surface area contributed by atoms with Crippen molar-refractivity contribution in [3.8, 4) is 0 Å². The van der Waals surface area contributed by atoms with Crippen molar-refractivity contribution in [3.05, 3.63) is 52.0 Å². The smallest absolute Gasteiger partial charge is 0.0794 e. The maximum absolute atomic E-state index is 4.14. The summed E-state index contributed by atoms with van der Waals surface area (Å²) in [5.41, 5.74) is 4.73. The van der Waals surface area contributed by atoms with Gasteiger partial charge < -0.3 is 5.32 Å². The molecule has 0 saturated carbocycles. The lowest BCUT2D eigenvalue weighted by Crippen LogP contribution is -2.19. The average molecular weight is 246 g/mol. The van der Waals surface area contributed by atoms with Gasteiger partial charge in [-0.25, -0.2) is 0 Å². The molecule has 0 bridgehead atoms. The second-order valence-corrected chi connectivity index (χ2v) is 5.04. The van der Waals surface area contributed by atoms with Gasteiger partial charge in [0.2, 0.25) is 0 Å². The van der Waals surface area contributed by atoms with Gasteiger partial charge in [0.15, 0.2) is 0 Å². The molecule has 2 aromatic rings. The van der Waals surface area contributed by atoms with Gasteiger partial charge in [0.25, 0.3) is 0 Å². The van der Waals surface area contributed by atoms with Crippen LogP contribution in [-0.4, -0.2) is 12.0 Å². The van der Waals surface area contributed by atoms with Crippen molar-refractivity contribution in [1.82, 2.24) is 10.3 Å². The third-order valence-electron chi connectivity index (χ3n) is 3.05. The van der Waals surface area contributed by atoms with E-state index < -0.39 is 0 Å². The number of likely N-dealkylation sites (N-methyl/N-ethyl adjacent to an activating group) is 1. The molecule has 0 aliphatic rings. The topological polar surface area (TPSA) is 24.9 Å². The number of hydrogen-bond acceptors (Lipinski definition) is 3. The number of aromatic nitrogens is 1. The van der Waals surface area contributed by atoms with E-state index in [1.165, 1.54) is 16.0 Å². The molecule has 1 aromatic heterocycles. The summed E-state index contributed by atoms with van der Waals surface area (Å²) >= 11 is 1.72. The predicted molar refractivity (Wildman–Crippen MR) is 73.4 cm³/mol. The van der Waals surface area contributed by atoms with Crippen LogP contribution in [0.1, 0.15) is 29.0 Å². The van der Waals surface area contributed by atoms with Crippen LogP contribution < -0.4 is 5.32 Å². The maximum Gasteiger partial charge on any atom is 0.0794 e. The van der Waals surface area contributed by atoms with Crippen LogP contribution in [0.5, 0.6) is 0 Å². The minimum Gasteiger partial charge on any atom is -0.313 e. The van der Waals surface area contributed by atoms with Gasteiger partial charge >= 0.3 is 0 Å². The van der Waals surface area contributed by atoms with E-state index in [4.69, 9.17) is 0 Å². The third kappa shape index (κ3) is 2.93. The zero-order valence-electron chi connectivity index (χ0n) is 10.3. The van der Waals surface area contributed by atoms with Crippen LogP contribution in [0, 0.1) is 0 Å². The van der Waals surface area contributed by atoms with E-state index in [9.17, 15) is 0 Å². The first-order chi connectivity index (χ1) is 8.35. The normalized spacial score (nSPS) is 12.6. The largest absolute Gasteiger partial charge is 0.313 e. The van der Waals surface area contributed by atoms with Crippen LogP contribution in [-0.2, 0) is 12.8 Å². The fraction of sp³-hybridized carbons (Fsp3) is 0.357. The Morgan fingerprint density at radius 3 is 2.82 bits per heavy atom. The van der Waals surface area contributed by atoms with Crippen molar-refractivity contribution in [1.29, 1.82) is 0 Å². The monoisotopic (exact) mass is 246 g/mol. The lowest BCUT2D eigenvalue weighted by atomic mass is 9.96. The summed E-state index contributed by atoms with van der Waals surface area (Å²) in [6.45, 7) is 2.21. The maximum atomic E-state index is 4.14. The molecule has 1 heterocycles. The summed E-state index contributed by atoms with van der Waals surface area (Å²) in [5, 5.41) is 3.41. The first-order valence-electron chi connectivity index (χ1n) is 5.97. The fourth-order valence-corrected chi connectivity index (χ4v) is 2.75. The molecule has 1 unspecified atom stereocenters. The van der Waals surface area contributed by atoms with E-state index in [2.05, 4.69) is 41.5 Å². The Kier molecular flexibility index (Phi) is 4.29. The van der Waals surface area contributed by atoms with E-state index in [1.54, 1.807) is 11.3 Å². The lowest BCUT2D eigenvalue weighted by molar-refractivity contribution is 0.591. The molecule has 3 heteroatoms. The second kappa shape index (κ2) is 5.94. The number of nitrogens with one attached hydrogen (secondary N) is 1. The molecule has 1 atom stereocenters. The molecule has 0 saturated heterocycles. The van der Waals surface area contributed by atoms with Gasteiger partial charge in [-0.15, -0.1) is 11.3 Å². The quantitative estimate of drug-likeness (QED) is 0.876. The molecule has 2 nitrogen and oxygen atoms in total. The number of thiazole rings is 1. The Hall–Kier alpha value is -1.19. The number of benzene rings is 1. The van der Waals surface area contributed by atoms with E-state index in [1.807, 2.05) is 18.8 Å². The number of aryl methyl sites for hydroxylation is 1. The zero-order valence-corrected chi connectivity index (χ0v) is 11.1. The van der Waals surface area contributed by atoms with E-state index in [0.717, 1.165) is 12.8 Å². The van der Waals surface area contributed by atoms with Crippen molar-refractivity contribution < 1.29 is 0 Å². The van der Waals surface area contributed by atoms with Gasteiger partial charge in [-0.2, -0.15) is 0 Å². The first-order valence-corrected chi connectivity index (χ1v) is 6.85. The standard InChI is InChI=1S/C14H18N2S/c1-3-11-6-4-5-7-13(11)14(15-2)8-12-9-16-10-17-12/h4-7,9-10,14-15H,3,8H2,1-2H3. The van der Waals surface area contributed by atoms with Crippen LogP contribution in [0.2, 0.25) is 0 Å². The third-order valence-corrected chi connectivity index (χ3v) is 3.85. The number of nitrogens with zero attached hydrogens (tertiary/aromatic N) is 1. The van der Waals surface area contributed by atoms with Crippen LogP contribution in [0.15, 0.2) is 36.0 Å². The highest BCUT2D eigenvalue weighted by Crippen LogP contribution is 2.23. The van der Waals surface area contributed by atoms with E-state index in [-0.39, 0.29) is 0 Å². The molecule has 2 rings (SSSR count). The summed E-state index contributed by atoms with van der Waals surface area (Å²) in [6.07, 6.45) is 4.05. The van der Waals surface area contributed by atoms with Crippen LogP contribution >= 0.6 is 11.3 Å². The molecule has 0 radical (unpaired) electrons. The fourth-order valence-electron chi connectivity index (χ4n) is 2.11. The highest BCUT2D eigenvalue weighted by atomic mass is 32.1. The van der Waals surface area contributed by atoms with Gasteiger partial charge in [-0.05, 0) is 24.6 Å². The van der Waals surface area contributed by atoms with Crippen LogP contribution in [0.25, 0.3) is 0 Å². The van der Waals surface area contributed by atoms with Gasteiger partial charge in [0, 0.05) is 23.5 Å². The molecule has 1 N–H and O–H groups in total. The summed E-state index contributed by atoms with van der Waals surface area (Å²) < 4.78 is 0. The average Bonchev–Trinajstić information content (AvgIpc) is 2.89. The molecule has 0 aliphatic carbocycles.